The molecular formula is C22H31ClN2O3. The van der Waals surface area contributed by atoms with Crippen molar-refractivity contribution in [2.45, 2.75) is 40.2 Å². The molecule has 0 fully saturated rings. The second-order valence-electron chi connectivity index (χ2n) is 6.40. The van der Waals surface area contributed by atoms with Crippen LogP contribution in [0, 0.1) is 6.92 Å². The highest BCUT2D eigenvalue weighted by atomic mass is 35.5. The van der Waals surface area contributed by atoms with Crippen molar-refractivity contribution in [1.29, 1.82) is 0 Å². The lowest BCUT2D eigenvalue weighted by Gasteiger charge is -2.14. The average molecular weight is 407 g/mol. The van der Waals surface area contributed by atoms with E-state index in [4.69, 9.17) is 9.47 Å². The summed E-state index contributed by atoms with van der Waals surface area (Å²) in [6, 6.07) is 13.5. The van der Waals surface area contributed by atoms with E-state index in [1.807, 2.05) is 56.3 Å². The molecule has 28 heavy (non-hydrogen) atoms. The average Bonchev–Trinajstić information content (AvgIpc) is 2.67. The van der Waals surface area contributed by atoms with E-state index >= 15 is 0 Å². The third kappa shape index (κ3) is 7.79. The Morgan fingerprint density at radius 1 is 1.04 bits per heavy atom. The number of nitrogens with one attached hydrogen (secondary N) is 2. The third-order valence-corrected chi connectivity index (χ3v) is 4.12. The fourth-order valence-corrected chi connectivity index (χ4v) is 2.63. The van der Waals surface area contributed by atoms with Gasteiger partial charge in [-0.3, -0.25) is 4.79 Å². The summed E-state index contributed by atoms with van der Waals surface area (Å²) in [5.41, 5.74) is 2.94. The summed E-state index contributed by atoms with van der Waals surface area (Å²) in [5, 5.41) is 6.28. The lowest BCUT2D eigenvalue weighted by molar-refractivity contribution is -0.118. The van der Waals surface area contributed by atoms with Gasteiger partial charge in [-0.05, 0) is 56.1 Å². The molecule has 0 saturated carbocycles. The van der Waals surface area contributed by atoms with Crippen LogP contribution in [0.3, 0.4) is 0 Å². The molecule has 2 aromatic rings. The van der Waals surface area contributed by atoms with Crippen molar-refractivity contribution in [2.75, 3.05) is 25.1 Å². The van der Waals surface area contributed by atoms with Gasteiger partial charge in [0.25, 0.3) is 5.91 Å². The number of ether oxygens (including phenoxy) is 2. The van der Waals surface area contributed by atoms with E-state index in [1.165, 1.54) is 6.42 Å². The monoisotopic (exact) mass is 406 g/mol. The Hall–Kier alpha value is -2.24. The summed E-state index contributed by atoms with van der Waals surface area (Å²) >= 11 is 0. The van der Waals surface area contributed by atoms with Crippen molar-refractivity contribution in [1.82, 2.24) is 5.32 Å². The van der Waals surface area contributed by atoms with Crippen LogP contribution in [0.5, 0.6) is 11.5 Å². The molecule has 5 nitrogen and oxygen atoms in total. The maximum atomic E-state index is 12.2. The first-order chi connectivity index (χ1) is 13.1. The van der Waals surface area contributed by atoms with Crippen LogP contribution in [-0.2, 0) is 11.3 Å². The first kappa shape index (κ1) is 23.8. The molecule has 2 N–H and O–H groups in total. The van der Waals surface area contributed by atoms with E-state index in [0.29, 0.717) is 18.1 Å². The zero-order chi connectivity index (χ0) is 19.5. The SMILES string of the molecule is CCCCNCc1ccc(OCC(=O)Nc2ccccc2C)c(OCC)c1.Cl. The minimum Gasteiger partial charge on any atom is -0.490 e. The molecule has 0 atom stereocenters. The Bertz CT molecular complexity index is 737. The minimum atomic E-state index is -0.197. The molecule has 0 heterocycles. The maximum Gasteiger partial charge on any atom is 0.262 e. The van der Waals surface area contributed by atoms with Crippen molar-refractivity contribution in [3.05, 3.63) is 53.6 Å². The van der Waals surface area contributed by atoms with E-state index in [1.54, 1.807) is 0 Å². The second kappa shape index (κ2) is 13.0. The maximum absolute atomic E-state index is 12.2. The van der Waals surface area contributed by atoms with Crippen molar-refractivity contribution < 1.29 is 14.3 Å². The molecule has 2 aromatic carbocycles. The molecule has 1 amide bonds. The highest BCUT2D eigenvalue weighted by Crippen LogP contribution is 2.28. The molecule has 0 bridgehead atoms. The molecule has 6 heteroatoms. The van der Waals surface area contributed by atoms with E-state index in [0.717, 1.165) is 36.3 Å². The largest absolute Gasteiger partial charge is 0.490 e. The van der Waals surface area contributed by atoms with Crippen LogP contribution in [0.4, 0.5) is 5.69 Å². The van der Waals surface area contributed by atoms with Crippen molar-refractivity contribution >= 4 is 24.0 Å². The van der Waals surface area contributed by atoms with E-state index in [-0.39, 0.29) is 24.9 Å². The number of carbonyl (C=O) groups is 1. The van der Waals surface area contributed by atoms with Gasteiger partial charge in [-0.25, -0.2) is 0 Å². The van der Waals surface area contributed by atoms with Crippen LogP contribution in [-0.4, -0.2) is 25.7 Å². The molecule has 0 radical (unpaired) electrons. The lowest BCUT2D eigenvalue weighted by Crippen LogP contribution is -2.21. The molecule has 0 aliphatic carbocycles. The number of halogens is 1. The summed E-state index contributed by atoms with van der Waals surface area (Å²) in [6.07, 6.45) is 2.34. The molecule has 0 aromatic heterocycles. The highest BCUT2D eigenvalue weighted by Gasteiger charge is 2.10. The number of rotatable bonds is 11. The highest BCUT2D eigenvalue weighted by molar-refractivity contribution is 5.92. The third-order valence-electron chi connectivity index (χ3n) is 4.12. The molecule has 0 aliphatic rings. The van der Waals surface area contributed by atoms with Crippen LogP contribution in [0.1, 0.15) is 37.8 Å². The normalized spacial score (nSPS) is 10.1. The summed E-state index contributed by atoms with van der Waals surface area (Å²) < 4.78 is 11.4. The van der Waals surface area contributed by atoms with Gasteiger partial charge in [0, 0.05) is 12.2 Å². The fraction of sp³-hybridized carbons (Fsp3) is 0.409. The predicted molar refractivity (Wildman–Crippen MR) is 117 cm³/mol. The number of carbonyl (C=O) groups excluding carboxylic acids is 1. The van der Waals surface area contributed by atoms with E-state index in [2.05, 4.69) is 17.6 Å². The van der Waals surface area contributed by atoms with Crippen molar-refractivity contribution in [3.8, 4) is 11.5 Å². The quantitative estimate of drug-likeness (QED) is 0.530. The number of anilines is 1. The van der Waals surface area contributed by atoms with Gasteiger partial charge in [-0.1, -0.05) is 37.6 Å². The first-order valence-electron chi connectivity index (χ1n) is 9.58. The van der Waals surface area contributed by atoms with Gasteiger partial charge in [-0.15, -0.1) is 12.4 Å². The number of amides is 1. The van der Waals surface area contributed by atoms with Gasteiger partial charge in [0.15, 0.2) is 18.1 Å². The zero-order valence-electron chi connectivity index (χ0n) is 16.9. The van der Waals surface area contributed by atoms with Gasteiger partial charge < -0.3 is 20.1 Å². The number of hydrogen-bond acceptors (Lipinski definition) is 4. The first-order valence-corrected chi connectivity index (χ1v) is 9.58. The molecule has 0 unspecified atom stereocenters. The van der Waals surface area contributed by atoms with E-state index in [9.17, 15) is 4.79 Å². The van der Waals surface area contributed by atoms with Gasteiger partial charge in [0.2, 0.25) is 0 Å². The fourth-order valence-electron chi connectivity index (χ4n) is 2.63. The summed E-state index contributed by atoms with van der Waals surface area (Å²) in [4.78, 5) is 12.2. The summed E-state index contributed by atoms with van der Waals surface area (Å²) in [6.45, 7) is 8.32. The van der Waals surface area contributed by atoms with Crippen LogP contribution in [0.2, 0.25) is 0 Å². The number of hydrogen-bond donors (Lipinski definition) is 2. The van der Waals surface area contributed by atoms with Gasteiger partial charge in [0.1, 0.15) is 0 Å². The van der Waals surface area contributed by atoms with Gasteiger partial charge in [0.05, 0.1) is 6.61 Å². The number of aryl methyl sites for hydroxylation is 1. The van der Waals surface area contributed by atoms with Crippen LogP contribution in [0.15, 0.2) is 42.5 Å². The van der Waals surface area contributed by atoms with Crippen LogP contribution < -0.4 is 20.1 Å². The zero-order valence-corrected chi connectivity index (χ0v) is 17.7. The van der Waals surface area contributed by atoms with Gasteiger partial charge >= 0.3 is 0 Å². The Labute approximate surface area is 174 Å². The van der Waals surface area contributed by atoms with Crippen LogP contribution in [0.25, 0.3) is 0 Å². The van der Waals surface area contributed by atoms with Crippen molar-refractivity contribution in [2.24, 2.45) is 0 Å². The van der Waals surface area contributed by atoms with E-state index < -0.39 is 0 Å². The summed E-state index contributed by atoms with van der Waals surface area (Å²) in [7, 11) is 0. The smallest absolute Gasteiger partial charge is 0.262 e. The van der Waals surface area contributed by atoms with Gasteiger partial charge in [-0.2, -0.15) is 0 Å². The standard InChI is InChI=1S/C22H30N2O3.ClH/c1-4-6-13-23-15-18-11-12-20(21(14-18)26-5-2)27-16-22(25)24-19-10-8-7-9-17(19)3;/h7-12,14,23H,4-6,13,15-16H2,1-3H3,(H,24,25);1H. The number of unbranched alkanes of at least 4 members (excludes halogenated alkanes) is 1. The Kier molecular flexibility index (Phi) is 11.1. The molecule has 2 rings (SSSR count). The van der Waals surface area contributed by atoms with Crippen LogP contribution >= 0.6 is 12.4 Å². The Morgan fingerprint density at radius 2 is 1.82 bits per heavy atom. The van der Waals surface area contributed by atoms with Crippen molar-refractivity contribution in [3.63, 3.8) is 0 Å². The molecule has 0 saturated heterocycles. The lowest BCUT2D eigenvalue weighted by atomic mass is 10.2. The predicted octanol–water partition coefficient (Wildman–Crippen LogP) is 4.72. The number of benzene rings is 2. The number of para-hydroxylation sites is 1. The summed E-state index contributed by atoms with van der Waals surface area (Å²) in [5.74, 6) is 1.04. The Balaban J connectivity index is 0.00000392. The molecule has 154 valence electrons. The molecular weight excluding hydrogens is 376 g/mol. The minimum absolute atomic E-state index is 0. The topological polar surface area (TPSA) is 59.6 Å². The second-order valence-corrected chi connectivity index (χ2v) is 6.40. The Morgan fingerprint density at radius 3 is 2.54 bits per heavy atom. The molecule has 0 spiro atoms. The molecule has 0 aliphatic heterocycles.